The summed E-state index contributed by atoms with van der Waals surface area (Å²) in [6.45, 7) is 3.03. The second-order valence-corrected chi connectivity index (χ2v) is 8.87. The molecular formula is C25H29ClF2N2O4. The Morgan fingerprint density at radius 2 is 1.85 bits per heavy atom. The molecule has 0 radical (unpaired) electrons. The number of hydrogen-bond donors (Lipinski definition) is 1. The number of nitrogens with one attached hydrogen (secondary N) is 1. The van der Waals surface area contributed by atoms with Gasteiger partial charge in [0.15, 0.2) is 11.5 Å². The van der Waals surface area contributed by atoms with Crippen molar-refractivity contribution >= 4 is 23.4 Å². The van der Waals surface area contributed by atoms with E-state index in [0.29, 0.717) is 16.1 Å². The number of rotatable bonds is 11. The van der Waals surface area contributed by atoms with Crippen LogP contribution in [0.15, 0.2) is 42.5 Å². The third-order valence-corrected chi connectivity index (χ3v) is 5.82. The first-order valence-corrected chi connectivity index (χ1v) is 11.7. The molecule has 0 aliphatic heterocycles. The number of nitrogens with zero attached hydrogens (tertiary/aromatic N) is 1. The van der Waals surface area contributed by atoms with Crippen molar-refractivity contribution in [3.8, 4) is 11.5 Å². The van der Waals surface area contributed by atoms with Gasteiger partial charge in [-0.1, -0.05) is 43.6 Å². The number of alkyl halides is 2. The van der Waals surface area contributed by atoms with E-state index in [2.05, 4.69) is 10.1 Å². The lowest BCUT2D eigenvalue weighted by Gasteiger charge is -2.30. The number of benzene rings is 2. The van der Waals surface area contributed by atoms with Crippen molar-refractivity contribution in [3.63, 3.8) is 0 Å². The van der Waals surface area contributed by atoms with Gasteiger partial charge in [-0.05, 0) is 55.5 Å². The summed E-state index contributed by atoms with van der Waals surface area (Å²) in [4.78, 5) is 28.1. The van der Waals surface area contributed by atoms with Crippen LogP contribution in [0.4, 0.5) is 8.78 Å². The number of carbonyl (C=O) groups excluding carboxylic acids is 2. The summed E-state index contributed by atoms with van der Waals surface area (Å²) < 4.78 is 35.4. The lowest BCUT2D eigenvalue weighted by molar-refractivity contribution is -0.135. The summed E-state index contributed by atoms with van der Waals surface area (Å²) in [5.41, 5.74) is 1.02. The summed E-state index contributed by atoms with van der Waals surface area (Å²) in [7, 11) is 0. The molecule has 0 heterocycles. The van der Waals surface area contributed by atoms with Crippen molar-refractivity contribution in [1.82, 2.24) is 10.2 Å². The van der Waals surface area contributed by atoms with Gasteiger partial charge in [-0.25, -0.2) is 0 Å². The monoisotopic (exact) mass is 494 g/mol. The van der Waals surface area contributed by atoms with Gasteiger partial charge in [0.1, 0.15) is 6.04 Å². The number of carbonyl (C=O) groups is 2. The topological polar surface area (TPSA) is 67.9 Å². The van der Waals surface area contributed by atoms with Gasteiger partial charge in [0.05, 0.1) is 17.2 Å². The van der Waals surface area contributed by atoms with Crippen LogP contribution < -0.4 is 14.8 Å². The minimum absolute atomic E-state index is 0.0542. The summed E-state index contributed by atoms with van der Waals surface area (Å²) in [5.74, 6) is -0.654. The lowest BCUT2D eigenvalue weighted by Crippen LogP contribution is -2.51. The molecule has 9 heteroatoms. The number of halogens is 3. The fraction of sp³-hybridized carbons (Fsp3) is 0.440. The molecule has 0 aromatic heterocycles. The van der Waals surface area contributed by atoms with E-state index in [4.69, 9.17) is 16.3 Å². The van der Waals surface area contributed by atoms with Crippen LogP contribution in [-0.4, -0.2) is 42.0 Å². The Morgan fingerprint density at radius 1 is 1.15 bits per heavy atom. The van der Waals surface area contributed by atoms with Crippen LogP contribution in [-0.2, 0) is 11.3 Å². The first-order chi connectivity index (χ1) is 16.2. The Bertz CT molecular complexity index is 1010. The normalized spacial score (nSPS) is 14.1. The van der Waals surface area contributed by atoms with Crippen LogP contribution in [0.1, 0.15) is 49.5 Å². The average molecular weight is 495 g/mol. The first-order valence-electron chi connectivity index (χ1n) is 11.3. The highest BCUT2D eigenvalue weighted by Crippen LogP contribution is 2.33. The van der Waals surface area contributed by atoms with Crippen molar-refractivity contribution in [2.45, 2.75) is 58.9 Å². The van der Waals surface area contributed by atoms with Crippen molar-refractivity contribution in [2.24, 2.45) is 5.92 Å². The molecule has 3 rings (SSSR count). The zero-order valence-corrected chi connectivity index (χ0v) is 20.1. The third kappa shape index (κ3) is 6.59. The molecule has 0 spiro atoms. The van der Waals surface area contributed by atoms with E-state index in [1.165, 1.54) is 6.07 Å². The van der Waals surface area contributed by atoms with Crippen molar-refractivity contribution in [2.75, 3.05) is 6.61 Å². The minimum atomic E-state index is -2.97. The van der Waals surface area contributed by atoms with Gasteiger partial charge in [-0.3, -0.25) is 9.59 Å². The number of hydrogen-bond acceptors (Lipinski definition) is 4. The van der Waals surface area contributed by atoms with E-state index >= 15 is 0 Å². The highest BCUT2D eigenvalue weighted by molar-refractivity contribution is 6.33. The predicted molar refractivity (Wildman–Crippen MR) is 125 cm³/mol. The van der Waals surface area contributed by atoms with Gasteiger partial charge in [0.25, 0.3) is 5.91 Å². The SMILES string of the molecule is CCOc1cc(CN(C(=O)[C@H](NC(=O)c2ccccc2Cl)C(C)C)C2CC2)ccc1OC(F)F. The van der Waals surface area contributed by atoms with Crippen molar-refractivity contribution in [3.05, 3.63) is 58.6 Å². The van der Waals surface area contributed by atoms with Gasteiger partial charge in [0.2, 0.25) is 5.91 Å². The fourth-order valence-electron chi connectivity index (χ4n) is 3.64. The highest BCUT2D eigenvalue weighted by atomic mass is 35.5. The lowest BCUT2D eigenvalue weighted by atomic mass is 10.0. The van der Waals surface area contributed by atoms with Gasteiger partial charge < -0.3 is 19.7 Å². The molecule has 1 atom stereocenters. The second-order valence-electron chi connectivity index (χ2n) is 8.46. The Balaban J connectivity index is 1.80. The van der Waals surface area contributed by atoms with Gasteiger partial charge in [-0.2, -0.15) is 8.78 Å². The maximum absolute atomic E-state index is 13.6. The second kappa shape index (κ2) is 11.5. The van der Waals surface area contributed by atoms with Gasteiger partial charge in [-0.15, -0.1) is 0 Å². The van der Waals surface area contributed by atoms with E-state index in [9.17, 15) is 18.4 Å². The molecular weight excluding hydrogens is 466 g/mol. The van der Waals surface area contributed by atoms with Crippen LogP contribution in [0.25, 0.3) is 0 Å². The molecule has 2 amide bonds. The fourth-order valence-corrected chi connectivity index (χ4v) is 3.86. The summed E-state index contributed by atoms with van der Waals surface area (Å²) in [5, 5.41) is 3.15. The molecule has 1 saturated carbocycles. The molecule has 1 N–H and O–H groups in total. The first kappa shape index (κ1) is 25.7. The van der Waals surface area contributed by atoms with Crippen LogP contribution in [0, 0.1) is 5.92 Å². The zero-order valence-electron chi connectivity index (χ0n) is 19.4. The van der Waals surface area contributed by atoms with Crippen molar-refractivity contribution in [1.29, 1.82) is 0 Å². The molecule has 1 fully saturated rings. The summed E-state index contributed by atoms with van der Waals surface area (Å²) in [6.07, 6.45) is 1.72. The largest absolute Gasteiger partial charge is 0.490 e. The van der Waals surface area contributed by atoms with Crippen molar-refractivity contribution < 1.29 is 27.8 Å². The van der Waals surface area contributed by atoms with Crippen LogP contribution in [0.3, 0.4) is 0 Å². The molecule has 0 bridgehead atoms. The molecule has 1 aliphatic carbocycles. The van der Waals surface area contributed by atoms with E-state index in [-0.39, 0.29) is 42.5 Å². The Labute approximate surface area is 203 Å². The zero-order chi connectivity index (χ0) is 24.8. The minimum Gasteiger partial charge on any atom is -0.490 e. The molecule has 34 heavy (non-hydrogen) atoms. The van der Waals surface area contributed by atoms with Gasteiger partial charge in [0, 0.05) is 12.6 Å². The molecule has 2 aromatic rings. The molecule has 1 aliphatic rings. The summed E-state index contributed by atoms with van der Waals surface area (Å²) in [6, 6.07) is 10.6. The standard InChI is InChI=1S/C25H29ClF2N2O4/c1-4-33-21-13-16(9-12-20(21)34-25(27)28)14-30(17-10-11-17)24(32)22(15(2)3)29-23(31)18-7-5-6-8-19(18)26/h5-9,12-13,15,17,22,25H,4,10-11,14H2,1-3H3,(H,29,31)/t22-/m1/s1. The highest BCUT2D eigenvalue weighted by Gasteiger charge is 2.37. The average Bonchev–Trinajstić information content (AvgIpc) is 3.62. The molecule has 0 saturated heterocycles. The van der Waals surface area contributed by atoms with E-state index in [1.807, 2.05) is 13.8 Å². The van der Waals surface area contributed by atoms with E-state index < -0.39 is 18.6 Å². The summed E-state index contributed by atoms with van der Waals surface area (Å²) >= 11 is 6.15. The Morgan fingerprint density at radius 3 is 2.44 bits per heavy atom. The maximum atomic E-state index is 13.6. The third-order valence-electron chi connectivity index (χ3n) is 5.49. The van der Waals surface area contributed by atoms with E-state index in [1.54, 1.807) is 48.2 Å². The molecule has 0 unspecified atom stereocenters. The maximum Gasteiger partial charge on any atom is 0.387 e. The number of ether oxygens (including phenoxy) is 2. The van der Waals surface area contributed by atoms with Gasteiger partial charge >= 0.3 is 6.61 Å². The Kier molecular flexibility index (Phi) is 8.72. The van der Waals surface area contributed by atoms with E-state index in [0.717, 1.165) is 12.8 Å². The van der Waals surface area contributed by atoms with Crippen LogP contribution in [0.5, 0.6) is 11.5 Å². The van der Waals surface area contributed by atoms with Crippen LogP contribution in [0.2, 0.25) is 5.02 Å². The molecule has 6 nitrogen and oxygen atoms in total. The predicted octanol–water partition coefficient (Wildman–Crippen LogP) is 5.29. The number of amides is 2. The van der Waals surface area contributed by atoms with Crippen LogP contribution >= 0.6 is 11.6 Å². The quantitative estimate of drug-likeness (QED) is 0.461. The smallest absolute Gasteiger partial charge is 0.387 e. The molecule has 184 valence electrons. The molecule has 2 aromatic carbocycles. The Hall–Kier alpha value is -2.87.